The van der Waals surface area contributed by atoms with E-state index in [4.69, 9.17) is 17.2 Å². The molecule has 0 radical (unpaired) electrons. The first-order valence-electron chi connectivity index (χ1n) is 3.34. The van der Waals surface area contributed by atoms with Gasteiger partial charge in [-0.1, -0.05) is 0 Å². The Balaban J connectivity index is 3.81. The number of carbonyl (C=O) groups excluding carboxylic acids is 1. The van der Waals surface area contributed by atoms with Crippen LogP contribution in [0, 0.1) is 0 Å². The van der Waals surface area contributed by atoms with Crippen molar-refractivity contribution in [2.24, 2.45) is 17.2 Å². The maximum absolute atomic E-state index is 10.4. The van der Waals surface area contributed by atoms with Crippen LogP contribution in [0.5, 0.6) is 0 Å². The summed E-state index contributed by atoms with van der Waals surface area (Å²) in [6.07, 6.45) is 1.74. The largest absolute Gasteiger partial charge is 0.330 e. The van der Waals surface area contributed by atoms with Gasteiger partial charge in [-0.05, 0) is 25.9 Å². The Kier molecular flexibility index (Phi) is 4.18. The SMILES string of the molecule is NCCC(N)(C=O)CCN. The lowest BCUT2D eigenvalue weighted by Crippen LogP contribution is -2.45. The van der Waals surface area contributed by atoms with E-state index in [0.29, 0.717) is 25.9 Å². The van der Waals surface area contributed by atoms with E-state index >= 15 is 0 Å². The van der Waals surface area contributed by atoms with E-state index in [0.717, 1.165) is 6.29 Å². The molecular weight excluding hydrogens is 130 g/mol. The fraction of sp³-hybridized carbons (Fsp3) is 0.833. The Bertz CT molecular complexity index is 99.2. The standard InChI is InChI=1S/C6H15N3O/c7-3-1-6(9,5-10)2-4-8/h5H,1-4,7-9H2. The summed E-state index contributed by atoms with van der Waals surface area (Å²) in [5, 5.41) is 0. The van der Waals surface area contributed by atoms with Crippen LogP contribution in [-0.2, 0) is 4.79 Å². The van der Waals surface area contributed by atoms with Crippen molar-refractivity contribution in [1.82, 2.24) is 0 Å². The van der Waals surface area contributed by atoms with E-state index in [2.05, 4.69) is 0 Å². The molecule has 10 heavy (non-hydrogen) atoms. The Morgan fingerprint density at radius 1 is 1.20 bits per heavy atom. The highest BCUT2D eigenvalue weighted by molar-refractivity contribution is 5.63. The Morgan fingerprint density at radius 3 is 1.80 bits per heavy atom. The van der Waals surface area contributed by atoms with Crippen LogP contribution in [-0.4, -0.2) is 24.9 Å². The molecule has 0 aromatic rings. The molecule has 0 saturated heterocycles. The molecule has 4 nitrogen and oxygen atoms in total. The Hall–Kier alpha value is -0.450. The lowest BCUT2D eigenvalue weighted by molar-refractivity contribution is -0.112. The van der Waals surface area contributed by atoms with Crippen molar-refractivity contribution in [3.63, 3.8) is 0 Å². The molecule has 0 bridgehead atoms. The molecule has 0 heterocycles. The second-order valence-electron chi connectivity index (χ2n) is 2.43. The van der Waals surface area contributed by atoms with Crippen LogP contribution < -0.4 is 17.2 Å². The molecule has 0 fully saturated rings. The highest BCUT2D eigenvalue weighted by atomic mass is 16.1. The van der Waals surface area contributed by atoms with Crippen LogP contribution in [0.15, 0.2) is 0 Å². The highest BCUT2D eigenvalue weighted by Crippen LogP contribution is 2.05. The first-order chi connectivity index (χ1) is 4.68. The second-order valence-corrected chi connectivity index (χ2v) is 2.43. The van der Waals surface area contributed by atoms with E-state index < -0.39 is 5.54 Å². The maximum Gasteiger partial charge on any atom is 0.139 e. The van der Waals surface area contributed by atoms with Crippen LogP contribution >= 0.6 is 0 Å². The van der Waals surface area contributed by atoms with Crippen LogP contribution in [0.2, 0.25) is 0 Å². The highest BCUT2D eigenvalue weighted by Gasteiger charge is 2.21. The van der Waals surface area contributed by atoms with Gasteiger partial charge in [0.2, 0.25) is 0 Å². The predicted octanol–water partition coefficient (Wildman–Crippen LogP) is -1.42. The molecular formula is C6H15N3O. The van der Waals surface area contributed by atoms with Crippen molar-refractivity contribution < 1.29 is 4.79 Å². The number of hydrogen-bond acceptors (Lipinski definition) is 4. The monoisotopic (exact) mass is 145 g/mol. The minimum atomic E-state index is -0.788. The van der Waals surface area contributed by atoms with E-state index in [1.165, 1.54) is 0 Å². The summed E-state index contributed by atoms with van der Waals surface area (Å²) < 4.78 is 0. The molecule has 0 saturated carbocycles. The minimum absolute atomic E-state index is 0.426. The third kappa shape index (κ3) is 2.91. The number of hydrogen-bond donors (Lipinski definition) is 3. The van der Waals surface area contributed by atoms with Gasteiger partial charge in [0.15, 0.2) is 0 Å². The van der Waals surface area contributed by atoms with Crippen molar-refractivity contribution in [3.8, 4) is 0 Å². The molecule has 0 atom stereocenters. The summed E-state index contributed by atoms with van der Waals surface area (Å²) in [5.41, 5.74) is 15.3. The summed E-state index contributed by atoms with van der Waals surface area (Å²) in [5.74, 6) is 0. The zero-order chi connectivity index (χ0) is 8.04. The topological polar surface area (TPSA) is 95.1 Å². The molecule has 0 aliphatic heterocycles. The smallest absolute Gasteiger partial charge is 0.139 e. The average Bonchev–Trinajstić information content (AvgIpc) is 1.89. The minimum Gasteiger partial charge on any atom is -0.330 e. The maximum atomic E-state index is 10.4. The predicted molar refractivity (Wildman–Crippen MR) is 40.3 cm³/mol. The van der Waals surface area contributed by atoms with E-state index in [9.17, 15) is 4.79 Å². The molecule has 0 aromatic carbocycles. The van der Waals surface area contributed by atoms with Crippen molar-refractivity contribution in [3.05, 3.63) is 0 Å². The summed E-state index contributed by atoms with van der Waals surface area (Å²) in [6.45, 7) is 0.852. The van der Waals surface area contributed by atoms with Gasteiger partial charge in [0, 0.05) is 0 Å². The Morgan fingerprint density at radius 2 is 1.60 bits per heavy atom. The molecule has 0 rings (SSSR count). The van der Waals surface area contributed by atoms with Crippen LogP contribution in [0.25, 0.3) is 0 Å². The van der Waals surface area contributed by atoms with Crippen LogP contribution in [0.3, 0.4) is 0 Å². The van der Waals surface area contributed by atoms with Crippen molar-refractivity contribution >= 4 is 6.29 Å². The molecule has 0 aliphatic carbocycles. The van der Waals surface area contributed by atoms with Gasteiger partial charge in [-0.15, -0.1) is 0 Å². The summed E-state index contributed by atoms with van der Waals surface area (Å²) in [6, 6.07) is 0. The first-order valence-corrected chi connectivity index (χ1v) is 3.34. The van der Waals surface area contributed by atoms with E-state index in [1.54, 1.807) is 0 Å². The lowest BCUT2D eigenvalue weighted by Gasteiger charge is -2.20. The number of rotatable bonds is 5. The molecule has 0 spiro atoms. The average molecular weight is 145 g/mol. The van der Waals surface area contributed by atoms with Crippen molar-refractivity contribution in [2.75, 3.05) is 13.1 Å². The molecule has 6 N–H and O–H groups in total. The normalized spacial score (nSPS) is 11.5. The van der Waals surface area contributed by atoms with Gasteiger partial charge in [0.25, 0.3) is 0 Å². The van der Waals surface area contributed by atoms with Crippen LogP contribution in [0.1, 0.15) is 12.8 Å². The molecule has 0 amide bonds. The van der Waals surface area contributed by atoms with E-state index in [1.807, 2.05) is 0 Å². The fourth-order valence-corrected chi connectivity index (χ4v) is 0.780. The number of aldehydes is 1. The lowest BCUT2D eigenvalue weighted by atomic mass is 9.94. The first kappa shape index (κ1) is 9.55. The number of carbonyl (C=O) groups is 1. The van der Waals surface area contributed by atoms with Crippen LogP contribution in [0.4, 0.5) is 0 Å². The molecule has 4 heteroatoms. The fourth-order valence-electron chi connectivity index (χ4n) is 0.780. The van der Waals surface area contributed by atoms with Gasteiger partial charge in [0.1, 0.15) is 6.29 Å². The molecule has 0 aliphatic rings. The van der Waals surface area contributed by atoms with E-state index in [-0.39, 0.29) is 0 Å². The van der Waals surface area contributed by atoms with Gasteiger partial charge in [-0.2, -0.15) is 0 Å². The summed E-state index contributed by atoms with van der Waals surface area (Å²) in [7, 11) is 0. The summed E-state index contributed by atoms with van der Waals surface area (Å²) in [4.78, 5) is 10.4. The zero-order valence-corrected chi connectivity index (χ0v) is 6.05. The van der Waals surface area contributed by atoms with Crippen molar-refractivity contribution in [1.29, 1.82) is 0 Å². The quantitative estimate of drug-likeness (QED) is 0.414. The van der Waals surface area contributed by atoms with Gasteiger partial charge < -0.3 is 22.0 Å². The third-order valence-corrected chi connectivity index (χ3v) is 1.45. The van der Waals surface area contributed by atoms with Gasteiger partial charge in [-0.3, -0.25) is 0 Å². The Labute approximate surface area is 60.7 Å². The van der Waals surface area contributed by atoms with Gasteiger partial charge in [0.05, 0.1) is 5.54 Å². The van der Waals surface area contributed by atoms with Crippen molar-refractivity contribution in [2.45, 2.75) is 18.4 Å². The van der Waals surface area contributed by atoms with Gasteiger partial charge in [-0.25, -0.2) is 0 Å². The summed E-state index contributed by atoms with van der Waals surface area (Å²) >= 11 is 0. The third-order valence-electron chi connectivity index (χ3n) is 1.45. The number of nitrogens with two attached hydrogens (primary N) is 3. The second kappa shape index (κ2) is 4.38. The molecule has 60 valence electrons. The molecule has 0 aromatic heterocycles. The molecule has 0 unspecified atom stereocenters. The zero-order valence-electron chi connectivity index (χ0n) is 6.05. The van der Waals surface area contributed by atoms with Gasteiger partial charge >= 0.3 is 0 Å².